The molecule has 1 heterocycles. The van der Waals surface area contributed by atoms with E-state index in [1.807, 2.05) is 24.3 Å². The number of aliphatic hydroxyl groups is 1. The van der Waals surface area contributed by atoms with Crippen molar-refractivity contribution in [3.8, 4) is 5.75 Å². The number of likely N-dealkylation sites (N-methyl/N-ethyl adjacent to an activating group) is 1. The van der Waals surface area contributed by atoms with Crippen LogP contribution in [0.5, 0.6) is 5.75 Å². The summed E-state index contributed by atoms with van der Waals surface area (Å²) < 4.78 is 5.22. The van der Waals surface area contributed by atoms with E-state index >= 15 is 0 Å². The highest BCUT2D eigenvalue weighted by molar-refractivity contribution is 5.29. The number of hydrogen-bond acceptors (Lipinski definition) is 4. The van der Waals surface area contributed by atoms with Crippen molar-refractivity contribution in [1.29, 1.82) is 0 Å². The van der Waals surface area contributed by atoms with Gasteiger partial charge in [-0.3, -0.25) is 4.90 Å². The highest BCUT2D eigenvalue weighted by Crippen LogP contribution is 2.20. The summed E-state index contributed by atoms with van der Waals surface area (Å²) in [6, 6.07) is 8.27. The van der Waals surface area contributed by atoms with E-state index in [0.29, 0.717) is 12.6 Å². The number of ether oxygens (including phenoxy) is 1. The molecule has 0 aliphatic carbocycles. The van der Waals surface area contributed by atoms with E-state index in [-0.39, 0.29) is 0 Å². The fourth-order valence-electron chi connectivity index (χ4n) is 2.92. The predicted molar refractivity (Wildman–Crippen MR) is 85.7 cm³/mol. The Morgan fingerprint density at radius 1 is 1.43 bits per heavy atom. The van der Waals surface area contributed by atoms with Gasteiger partial charge < -0.3 is 15.2 Å². The maximum Gasteiger partial charge on any atom is 0.119 e. The van der Waals surface area contributed by atoms with Crippen LogP contribution in [0.1, 0.15) is 37.9 Å². The van der Waals surface area contributed by atoms with Crippen molar-refractivity contribution in [3.05, 3.63) is 29.8 Å². The Morgan fingerprint density at radius 3 is 2.95 bits per heavy atom. The van der Waals surface area contributed by atoms with Crippen molar-refractivity contribution in [1.82, 2.24) is 10.2 Å². The molecule has 1 fully saturated rings. The van der Waals surface area contributed by atoms with Crippen molar-refractivity contribution < 1.29 is 9.84 Å². The van der Waals surface area contributed by atoms with Gasteiger partial charge in [0.25, 0.3) is 0 Å². The second-order valence-electron chi connectivity index (χ2n) is 5.79. The fourth-order valence-corrected chi connectivity index (χ4v) is 2.92. The molecule has 0 bridgehead atoms. The van der Waals surface area contributed by atoms with Gasteiger partial charge in [-0.2, -0.15) is 0 Å². The maximum absolute atomic E-state index is 10.5. The molecule has 1 saturated heterocycles. The van der Waals surface area contributed by atoms with Crippen LogP contribution in [0.4, 0.5) is 0 Å². The summed E-state index contributed by atoms with van der Waals surface area (Å²) in [4.78, 5) is 2.33. The lowest BCUT2D eigenvalue weighted by atomic mass is 10.0. The van der Waals surface area contributed by atoms with Gasteiger partial charge in [-0.15, -0.1) is 0 Å². The van der Waals surface area contributed by atoms with Crippen molar-refractivity contribution in [3.63, 3.8) is 0 Å². The van der Waals surface area contributed by atoms with Crippen LogP contribution in [-0.4, -0.2) is 49.3 Å². The quantitative estimate of drug-likeness (QED) is 0.808. The summed E-state index contributed by atoms with van der Waals surface area (Å²) in [6.45, 7) is 5.92. The Morgan fingerprint density at radius 2 is 2.29 bits per heavy atom. The molecule has 21 heavy (non-hydrogen) atoms. The van der Waals surface area contributed by atoms with Crippen LogP contribution >= 0.6 is 0 Å². The minimum Gasteiger partial charge on any atom is -0.497 e. The number of methoxy groups -OCH3 is 1. The molecule has 4 nitrogen and oxygen atoms in total. The molecule has 2 rings (SSSR count). The van der Waals surface area contributed by atoms with Gasteiger partial charge in [0.1, 0.15) is 5.75 Å². The number of nitrogens with zero attached hydrogens (tertiary/aromatic N) is 1. The third-order valence-corrected chi connectivity index (χ3v) is 4.25. The first-order chi connectivity index (χ1) is 10.2. The number of benzene rings is 1. The van der Waals surface area contributed by atoms with Gasteiger partial charge in [-0.1, -0.05) is 25.5 Å². The van der Waals surface area contributed by atoms with E-state index in [2.05, 4.69) is 17.1 Å². The summed E-state index contributed by atoms with van der Waals surface area (Å²) in [5.74, 6) is 0.795. The molecule has 0 amide bonds. The average molecular weight is 292 g/mol. The van der Waals surface area contributed by atoms with Gasteiger partial charge in [0.2, 0.25) is 0 Å². The minimum atomic E-state index is -0.469. The molecule has 4 heteroatoms. The summed E-state index contributed by atoms with van der Waals surface area (Å²) in [7, 11) is 1.65. The van der Waals surface area contributed by atoms with Crippen molar-refractivity contribution >= 4 is 0 Å². The summed E-state index contributed by atoms with van der Waals surface area (Å²) in [5.41, 5.74) is 0.921. The smallest absolute Gasteiger partial charge is 0.119 e. The Bertz CT molecular complexity index is 419. The largest absolute Gasteiger partial charge is 0.497 e. The SMILES string of the molecule is CCN(CC1CCCCN1)CC(O)c1cccc(OC)c1. The summed E-state index contributed by atoms with van der Waals surface area (Å²) in [5, 5.41) is 14.0. The van der Waals surface area contributed by atoms with Crippen LogP contribution in [-0.2, 0) is 0 Å². The molecule has 0 aromatic heterocycles. The lowest BCUT2D eigenvalue weighted by Crippen LogP contribution is -2.44. The predicted octanol–water partition coefficient (Wildman–Crippen LogP) is 2.19. The molecule has 1 aliphatic rings. The normalized spacial score (nSPS) is 20.5. The van der Waals surface area contributed by atoms with Gasteiger partial charge in [0.15, 0.2) is 0 Å². The monoisotopic (exact) mass is 292 g/mol. The Labute approximate surface area is 128 Å². The van der Waals surface area contributed by atoms with Gasteiger partial charge in [-0.25, -0.2) is 0 Å². The van der Waals surface area contributed by atoms with Crippen LogP contribution in [0.15, 0.2) is 24.3 Å². The second-order valence-corrected chi connectivity index (χ2v) is 5.79. The third kappa shape index (κ3) is 4.99. The van der Waals surface area contributed by atoms with Gasteiger partial charge in [0, 0.05) is 19.1 Å². The van der Waals surface area contributed by atoms with E-state index in [9.17, 15) is 5.11 Å². The number of rotatable bonds is 7. The van der Waals surface area contributed by atoms with Crippen LogP contribution in [0.2, 0.25) is 0 Å². The average Bonchev–Trinajstić information content (AvgIpc) is 2.55. The maximum atomic E-state index is 10.5. The number of hydrogen-bond donors (Lipinski definition) is 2. The zero-order valence-corrected chi connectivity index (χ0v) is 13.2. The molecule has 2 unspecified atom stereocenters. The van der Waals surface area contributed by atoms with Crippen molar-refractivity contribution in [2.24, 2.45) is 0 Å². The zero-order chi connectivity index (χ0) is 15.1. The van der Waals surface area contributed by atoms with Crippen LogP contribution < -0.4 is 10.1 Å². The zero-order valence-electron chi connectivity index (χ0n) is 13.2. The van der Waals surface area contributed by atoms with E-state index in [1.165, 1.54) is 19.3 Å². The van der Waals surface area contributed by atoms with E-state index in [4.69, 9.17) is 4.74 Å². The van der Waals surface area contributed by atoms with E-state index < -0.39 is 6.10 Å². The van der Waals surface area contributed by atoms with Crippen LogP contribution in [0, 0.1) is 0 Å². The van der Waals surface area contributed by atoms with Gasteiger partial charge >= 0.3 is 0 Å². The minimum absolute atomic E-state index is 0.469. The first-order valence-electron chi connectivity index (χ1n) is 8.00. The Kier molecular flexibility index (Phi) is 6.49. The molecular weight excluding hydrogens is 264 g/mol. The molecule has 2 atom stereocenters. The molecule has 1 aromatic carbocycles. The van der Waals surface area contributed by atoms with Crippen molar-refractivity contribution in [2.75, 3.05) is 33.3 Å². The molecule has 118 valence electrons. The molecule has 0 spiro atoms. The second kappa shape index (κ2) is 8.37. The first-order valence-corrected chi connectivity index (χ1v) is 8.00. The topological polar surface area (TPSA) is 44.7 Å². The molecule has 0 saturated carbocycles. The summed E-state index contributed by atoms with van der Waals surface area (Å²) >= 11 is 0. The van der Waals surface area contributed by atoms with E-state index in [1.54, 1.807) is 7.11 Å². The van der Waals surface area contributed by atoms with Gasteiger partial charge in [0.05, 0.1) is 13.2 Å². The highest BCUT2D eigenvalue weighted by atomic mass is 16.5. The number of aliphatic hydroxyl groups excluding tert-OH is 1. The lowest BCUT2D eigenvalue weighted by Gasteiger charge is -2.31. The summed E-state index contributed by atoms with van der Waals surface area (Å²) in [6.07, 6.45) is 3.37. The fraction of sp³-hybridized carbons (Fsp3) is 0.647. The lowest BCUT2D eigenvalue weighted by molar-refractivity contribution is 0.107. The molecule has 1 aromatic rings. The Hall–Kier alpha value is -1.10. The highest BCUT2D eigenvalue weighted by Gasteiger charge is 2.18. The van der Waals surface area contributed by atoms with Crippen LogP contribution in [0.25, 0.3) is 0 Å². The standard InChI is InChI=1S/C17H28N2O2/c1-3-19(12-15-8-4-5-10-18-15)13-17(20)14-7-6-9-16(11-14)21-2/h6-7,9,11,15,17-18,20H,3-5,8,10,12-13H2,1-2H3. The van der Waals surface area contributed by atoms with Crippen LogP contribution in [0.3, 0.4) is 0 Å². The first kappa shape index (κ1) is 16.3. The molecular formula is C17H28N2O2. The Balaban J connectivity index is 1.90. The molecule has 2 N–H and O–H groups in total. The number of nitrogens with one attached hydrogen (secondary N) is 1. The van der Waals surface area contributed by atoms with E-state index in [0.717, 1.165) is 30.9 Å². The van der Waals surface area contributed by atoms with Crippen molar-refractivity contribution in [2.45, 2.75) is 38.3 Å². The van der Waals surface area contributed by atoms with Gasteiger partial charge in [-0.05, 0) is 43.6 Å². The third-order valence-electron chi connectivity index (χ3n) is 4.25. The molecule has 0 radical (unpaired) electrons. The number of piperidine rings is 1. The molecule has 1 aliphatic heterocycles.